The van der Waals surface area contributed by atoms with E-state index in [4.69, 9.17) is 0 Å². The van der Waals surface area contributed by atoms with E-state index in [1.807, 2.05) is 0 Å². The largest absolute Gasteiger partial charge is 0.416 e. The topological polar surface area (TPSA) is 17.1 Å². The summed E-state index contributed by atoms with van der Waals surface area (Å²) in [5, 5.41) is 0. The SMILES string of the molecule is O=C1/C(=C/c2ccc(C(F)(F)F)cc2)CSc2ccc(F)cc21. The molecular formula is C17H10F4OS. The van der Waals surface area contributed by atoms with Gasteiger partial charge in [0.2, 0.25) is 0 Å². The van der Waals surface area contributed by atoms with Crippen LogP contribution >= 0.6 is 11.8 Å². The normalized spacial score (nSPS) is 16.5. The van der Waals surface area contributed by atoms with Crippen molar-refractivity contribution in [3.8, 4) is 0 Å². The van der Waals surface area contributed by atoms with Crippen molar-refractivity contribution in [3.63, 3.8) is 0 Å². The van der Waals surface area contributed by atoms with Gasteiger partial charge in [-0.15, -0.1) is 11.8 Å². The van der Waals surface area contributed by atoms with Gasteiger partial charge in [-0.1, -0.05) is 12.1 Å². The van der Waals surface area contributed by atoms with Gasteiger partial charge in [0, 0.05) is 21.8 Å². The molecule has 1 aliphatic heterocycles. The van der Waals surface area contributed by atoms with Crippen LogP contribution in [-0.4, -0.2) is 11.5 Å². The first kappa shape index (κ1) is 15.8. The van der Waals surface area contributed by atoms with Gasteiger partial charge in [0.15, 0.2) is 5.78 Å². The monoisotopic (exact) mass is 338 g/mol. The van der Waals surface area contributed by atoms with Crippen LogP contribution in [0.5, 0.6) is 0 Å². The molecule has 0 fully saturated rings. The molecule has 0 saturated heterocycles. The zero-order valence-corrected chi connectivity index (χ0v) is 12.5. The molecule has 0 radical (unpaired) electrons. The number of thioether (sulfide) groups is 1. The number of carbonyl (C=O) groups excluding carboxylic acids is 1. The standard InChI is InChI=1S/C17H10F4OS/c18-13-5-6-15-14(8-13)16(22)11(9-23-15)7-10-1-3-12(4-2-10)17(19,20)21/h1-8H,9H2/b11-7+. The van der Waals surface area contributed by atoms with Crippen LogP contribution in [0.2, 0.25) is 0 Å². The number of hydrogen-bond donors (Lipinski definition) is 0. The maximum atomic E-state index is 13.3. The van der Waals surface area contributed by atoms with Crippen LogP contribution in [-0.2, 0) is 6.18 Å². The van der Waals surface area contributed by atoms with Crippen LogP contribution in [0.1, 0.15) is 21.5 Å². The second-order valence-corrected chi connectivity index (χ2v) is 6.06. The summed E-state index contributed by atoms with van der Waals surface area (Å²) in [5.74, 6) is -0.384. The molecule has 0 atom stereocenters. The fourth-order valence-electron chi connectivity index (χ4n) is 2.28. The van der Waals surface area contributed by atoms with Crippen molar-refractivity contribution in [1.82, 2.24) is 0 Å². The first-order chi connectivity index (χ1) is 10.8. The summed E-state index contributed by atoms with van der Waals surface area (Å²) in [6.45, 7) is 0. The number of alkyl halides is 3. The molecule has 1 aliphatic rings. The van der Waals surface area contributed by atoms with Crippen molar-refractivity contribution < 1.29 is 22.4 Å². The second-order valence-electron chi connectivity index (χ2n) is 5.05. The lowest BCUT2D eigenvalue weighted by atomic mass is 10.0. The molecule has 2 aromatic carbocycles. The number of fused-ring (bicyclic) bond motifs is 1. The summed E-state index contributed by atoms with van der Waals surface area (Å²) in [4.78, 5) is 13.1. The fourth-order valence-corrected chi connectivity index (χ4v) is 3.27. The van der Waals surface area contributed by atoms with Crippen molar-refractivity contribution in [2.75, 3.05) is 5.75 Å². The molecule has 23 heavy (non-hydrogen) atoms. The lowest BCUT2D eigenvalue weighted by molar-refractivity contribution is -0.137. The minimum absolute atomic E-state index is 0.291. The smallest absolute Gasteiger partial charge is 0.289 e. The Labute approximate surface area is 134 Å². The molecule has 0 amide bonds. The van der Waals surface area contributed by atoms with Crippen LogP contribution in [0, 0.1) is 5.82 Å². The Morgan fingerprint density at radius 3 is 2.39 bits per heavy atom. The summed E-state index contributed by atoms with van der Waals surface area (Å²) >= 11 is 1.40. The van der Waals surface area contributed by atoms with Gasteiger partial charge in [0.05, 0.1) is 5.56 Å². The van der Waals surface area contributed by atoms with Gasteiger partial charge in [-0.05, 0) is 42.0 Å². The Kier molecular flexibility index (Phi) is 4.02. The third-order valence-electron chi connectivity index (χ3n) is 3.44. The van der Waals surface area contributed by atoms with E-state index < -0.39 is 17.6 Å². The summed E-state index contributed by atoms with van der Waals surface area (Å²) in [7, 11) is 0. The Morgan fingerprint density at radius 2 is 1.74 bits per heavy atom. The predicted molar refractivity (Wildman–Crippen MR) is 80.9 cm³/mol. The number of rotatable bonds is 1. The van der Waals surface area contributed by atoms with Crippen molar-refractivity contribution >= 4 is 23.6 Å². The average Bonchev–Trinajstić information content (AvgIpc) is 2.50. The highest BCUT2D eigenvalue weighted by molar-refractivity contribution is 7.99. The van der Waals surface area contributed by atoms with Crippen molar-refractivity contribution in [2.45, 2.75) is 11.1 Å². The summed E-state index contributed by atoms with van der Waals surface area (Å²) in [6.07, 6.45) is -2.85. The van der Waals surface area contributed by atoms with E-state index in [0.29, 0.717) is 27.3 Å². The van der Waals surface area contributed by atoms with Gasteiger partial charge in [0.25, 0.3) is 0 Å². The molecule has 1 heterocycles. The third kappa shape index (κ3) is 3.32. The molecule has 0 unspecified atom stereocenters. The molecule has 1 nitrogen and oxygen atoms in total. The summed E-state index contributed by atoms with van der Waals surface area (Å²) in [6, 6.07) is 8.61. The Morgan fingerprint density at radius 1 is 1.04 bits per heavy atom. The van der Waals surface area contributed by atoms with Crippen LogP contribution in [0.25, 0.3) is 6.08 Å². The zero-order chi connectivity index (χ0) is 16.6. The van der Waals surface area contributed by atoms with E-state index in [1.54, 1.807) is 12.1 Å². The van der Waals surface area contributed by atoms with Crippen molar-refractivity contribution in [2.24, 2.45) is 0 Å². The van der Waals surface area contributed by atoms with Gasteiger partial charge >= 0.3 is 6.18 Å². The molecule has 2 aromatic rings. The van der Waals surface area contributed by atoms with Crippen molar-refractivity contribution in [3.05, 3.63) is 70.5 Å². The Hall–Kier alpha value is -2.08. The molecule has 0 aromatic heterocycles. The number of hydrogen-bond acceptors (Lipinski definition) is 2. The van der Waals surface area contributed by atoms with Gasteiger partial charge in [-0.2, -0.15) is 13.2 Å². The molecule has 3 rings (SSSR count). The predicted octanol–water partition coefficient (Wildman–Crippen LogP) is 5.22. The zero-order valence-electron chi connectivity index (χ0n) is 11.7. The molecule has 0 aliphatic carbocycles. The average molecular weight is 338 g/mol. The van der Waals surface area contributed by atoms with Gasteiger partial charge in [-0.3, -0.25) is 4.79 Å². The lowest BCUT2D eigenvalue weighted by Gasteiger charge is -2.17. The van der Waals surface area contributed by atoms with Crippen LogP contribution in [0.3, 0.4) is 0 Å². The van der Waals surface area contributed by atoms with E-state index in [2.05, 4.69) is 0 Å². The number of benzene rings is 2. The van der Waals surface area contributed by atoms with E-state index in [9.17, 15) is 22.4 Å². The number of Topliss-reactive ketones (excluding diaryl/α,β-unsaturated/α-hetero) is 1. The molecular weight excluding hydrogens is 328 g/mol. The molecule has 118 valence electrons. The third-order valence-corrected chi connectivity index (χ3v) is 4.56. The molecule has 0 spiro atoms. The minimum atomic E-state index is -4.39. The summed E-state index contributed by atoms with van der Waals surface area (Å²) in [5.41, 5.74) is 0.491. The van der Waals surface area contributed by atoms with Crippen LogP contribution in [0.15, 0.2) is 52.9 Å². The second kappa shape index (κ2) is 5.85. The summed E-state index contributed by atoms with van der Waals surface area (Å²) < 4.78 is 50.9. The van der Waals surface area contributed by atoms with Gasteiger partial charge in [-0.25, -0.2) is 4.39 Å². The molecule has 0 N–H and O–H groups in total. The number of carbonyl (C=O) groups is 1. The lowest BCUT2D eigenvalue weighted by Crippen LogP contribution is -2.12. The van der Waals surface area contributed by atoms with Crippen molar-refractivity contribution in [1.29, 1.82) is 0 Å². The highest BCUT2D eigenvalue weighted by atomic mass is 32.2. The van der Waals surface area contributed by atoms with Crippen LogP contribution < -0.4 is 0 Å². The maximum Gasteiger partial charge on any atom is 0.416 e. The molecule has 0 bridgehead atoms. The van der Waals surface area contributed by atoms with E-state index in [0.717, 1.165) is 12.1 Å². The highest BCUT2D eigenvalue weighted by Gasteiger charge is 2.30. The quantitative estimate of drug-likeness (QED) is 0.524. The van der Waals surface area contributed by atoms with Crippen LogP contribution in [0.4, 0.5) is 17.6 Å². The van der Waals surface area contributed by atoms with E-state index in [1.165, 1.54) is 36.0 Å². The van der Waals surface area contributed by atoms with E-state index in [-0.39, 0.29) is 5.78 Å². The number of ketones is 1. The van der Waals surface area contributed by atoms with E-state index >= 15 is 0 Å². The first-order valence-corrected chi connectivity index (χ1v) is 7.68. The fraction of sp³-hybridized carbons (Fsp3) is 0.118. The maximum absolute atomic E-state index is 13.3. The Balaban J connectivity index is 1.90. The first-order valence-electron chi connectivity index (χ1n) is 6.69. The van der Waals surface area contributed by atoms with Gasteiger partial charge < -0.3 is 0 Å². The number of halogens is 4. The molecule has 6 heteroatoms. The van der Waals surface area contributed by atoms with Gasteiger partial charge in [0.1, 0.15) is 5.82 Å². The highest BCUT2D eigenvalue weighted by Crippen LogP contribution is 2.34. The Bertz CT molecular complexity index is 791. The molecule has 0 saturated carbocycles. The minimum Gasteiger partial charge on any atom is -0.289 e.